The Kier molecular flexibility index (Phi) is 6.10. The molecule has 1 aromatic carbocycles. The molecule has 3 nitrogen and oxygen atoms in total. The number of methoxy groups -OCH3 is 1. The summed E-state index contributed by atoms with van der Waals surface area (Å²) in [5.41, 5.74) is 4.43. The summed E-state index contributed by atoms with van der Waals surface area (Å²) in [4.78, 5) is 9.37. The molecule has 1 aromatic rings. The summed E-state index contributed by atoms with van der Waals surface area (Å²) in [5, 5.41) is 1.21. The molecule has 0 saturated carbocycles. The van der Waals surface area contributed by atoms with Crippen molar-refractivity contribution in [2.75, 3.05) is 7.11 Å². The minimum Gasteiger partial charge on any atom is -0.453 e. The fraction of sp³-hybridized carbons (Fsp3) is 0.125. The van der Waals surface area contributed by atoms with E-state index in [4.69, 9.17) is 23.2 Å². The first-order chi connectivity index (χ1) is 6.07. The van der Waals surface area contributed by atoms with Crippen LogP contribution in [0.4, 0.5) is 4.79 Å². The average Bonchev–Trinajstić information content (AvgIpc) is 2.11. The van der Waals surface area contributed by atoms with Crippen molar-refractivity contribution in [1.82, 2.24) is 0 Å². The highest BCUT2D eigenvalue weighted by Crippen LogP contribution is 2.19. The first-order valence-corrected chi connectivity index (χ1v) is 4.07. The molecule has 0 aliphatic carbocycles. The van der Waals surface area contributed by atoms with Gasteiger partial charge in [0.25, 0.3) is 0 Å². The summed E-state index contributed by atoms with van der Waals surface area (Å²) in [6.07, 6.45) is -0.745. The van der Waals surface area contributed by atoms with Crippen LogP contribution in [0.15, 0.2) is 24.3 Å². The summed E-state index contributed by atoms with van der Waals surface area (Å²) in [6.45, 7) is 0. The Hall–Kier alpha value is -0.930. The van der Waals surface area contributed by atoms with E-state index in [0.717, 1.165) is 0 Å². The van der Waals surface area contributed by atoms with Gasteiger partial charge in [-0.25, -0.2) is 4.79 Å². The summed E-state index contributed by atoms with van der Waals surface area (Å²) >= 11 is 11.2. The molecule has 1 amide bonds. The van der Waals surface area contributed by atoms with Crippen LogP contribution in [-0.2, 0) is 4.74 Å². The van der Waals surface area contributed by atoms with Crippen LogP contribution in [0.2, 0.25) is 10.0 Å². The van der Waals surface area contributed by atoms with Crippen LogP contribution >= 0.6 is 23.2 Å². The van der Waals surface area contributed by atoms with E-state index in [2.05, 4.69) is 10.5 Å². The molecule has 0 aliphatic rings. The Balaban J connectivity index is 0.000000252. The SMILES string of the molecule is COC(N)=O.Clc1ccccc1Cl. The molecule has 0 aliphatic heterocycles. The number of hydrogen-bond acceptors (Lipinski definition) is 2. The first kappa shape index (κ1) is 12.1. The number of carbonyl (C=O) groups excluding carboxylic acids is 1. The number of rotatable bonds is 0. The number of amides is 1. The number of primary amides is 1. The Bertz CT molecular complexity index is 258. The molecule has 0 unspecified atom stereocenters. The van der Waals surface area contributed by atoms with Crippen LogP contribution in [0.3, 0.4) is 0 Å². The molecule has 0 bridgehead atoms. The van der Waals surface area contributed by atoms with Crippen LogP contribution in [0.25, 0.3) is 0 Å². The molecular formula is C8H9Cl2NO2. The topological polar surface area (TPSA) is 52.3 Å². The van der Waals surface area contributed by atoms with Gasteiger partial charge in [-0.15, -0.1) is 0 Å². The van der Waals surface area contributed by atoms with E-state index in [1.807, 2.05) is 12.1 Å². The van der Waals surface area contributed by atoms with Gasteiger partial charge in [0.15, 0.2) is 0 Å². The van der Waals surface area contributed by atoms with Gasteiger partial charge in [0.1, 0.15) is 0 Å². The molecule has 1 rings (SSSR count). The maximum atomic E-state index is 9.37. The summed E-state index contributed by atoms with van der Waals surface area (Å²) in [6, 6.07) is 7.19. The predicted molar refractivity (Wildman–Crippen MR) is 53.1 cm³/mol. The Morgan fingerprint density at radius 2 is 1.62 bits per heavy atom. The Labute approximate surface area is 86.4 Å². The van der Waals surface area contributed by atoms with Crippen molar-refractivity contribution >= 4 is 29.3 Å². The van der Waals surface area contributed by atoms with E-state index in [0.29, 0.717) is 10.0 Å². The molecule has 0 fully saturated rings. The summed E-state index contributed by atoms with van der Waals surface area (Å²) < 4.78 is 3.89. The zero-order chi connectivity index (χ0) is 10.3. The van der Waals surface area contributed by atoms with Crippen molar-refractivity contribution in [3.05, 3.63) is 34.3 Å². The van der Waals surface area contributed by atoms with E-state index >= 15 is 0 Å². The lowest BCUT2D eigenvalue weighted by Crippen LogP contribution is -2.08. The van der Waals surface area contributed by atoms with Gasteiger partial charge in [0.05, 0.1) is 17.2 Å². The molecule has 0 atom stereocenters. The summed E-state index contributed by atoms with van der Waals surface area (Å²) in [7, 11) is 1.22. The number of benzene rings is 1. The van der Waals surface area contributed by atoms with Gasteiger partial charge in [-0.05, 0) is 12.1 Å². The van der Waals surface area contributed by atoms with Crippen molar-refractivity contribution in [2.24, 2.45) is 5.73 Å². The summed E-state index contributed by atoms with van der Waals surface area (Å²) in [5.74, 6) is 0. The largest absolute Gasteiger partial charge is 0.453 e. The molecule has 0 aromatic heterocycles. The second-order valence-corrected chi connectivity index (χ2v) is 2.75. The first-order valence-electron chi connectivity index (χ1n) is 3.31. The van der Waals surface area contributed by atoms with Crippen molar-refractivity contribution in [1.29, 1.82) is 0 Å². The van der Waals surface area contributed by atoms with Crippen LogP contribution in [0.1, 0.15) is 0 Å². The zero-order valence-electron chi connectivity index (χ0n) is 6.96. The normalized spacial score (nSPS) is 8.23. The fourth-order valence-electron chi connectivity index (χ4n) is 0.439. The van der Waals surface area contributed by atoms with Gasteiger partial charge >= 0.3 is 6.09 Å². The molecule has 72 valence electrons. The third-order valence-corrected chi connectivity index (χ3v) is 1.78. The predicted octanol–water partition coefficient (Wildman–Crippen LogP) is 2.70. The minimum atomic E-state index is -0.745. The Morgan fingerprint density at radius 1 is 1.31 bits per heavy atom. The second kappa shape index (κ2) is 6.57. The molecule has 13 heavy (non-hydrogen) atoms. The maximum Gasteiger partial charge on any atom is 0.404 e. The van der Waals surface area contributed by atoms with Crippen molar-refractivity contribution in [3.8, 4) is 0 Å². The molecule has 0 heterocycles. The van der Waals surface area contributed by atoms with Crippen LogP contribution < -0.4 is 5.73 Å². The highest BCUT2D eigenvalue weighted by atomic mass is 35.5. The second-order valence-electron chi connectivity index (χ2n) is 1.94. The van der Waals surface area contributed by atoms with E-state index in [1.165, 1.54) is 7.11 Å². The molecular weight excluding hydrogens is 213 g/mol. The van der Waals surface area contributed by atoms with E-state index < -0.39 is 6.09 Å². The quantitative estimate of drug-likeness (QED) is 0.733. The van der Waals surface area contributed by atoms with Crippen molar-refractivity contribution in [2.45, 2.75) is 0 Å². The van der Waals surface area contributed by atoms with E-state index in [9.17, 15) is 4.79 Å². The van der Waals surface area contributed by atoms with Gasteiger partial charge in [0.2, 0.25) is 0 Å². The lowest BCUT2D eigenvalue weighted by molar-refractivity contribution is 0.182. The average molecular weight is 222 g/mol. The van der Waals surface area contributed by atoms with Crippen LogP contribution in [-0.4, -0.2) is 13.2 Å². The Morgan fingerprint density at radius 3 is 1.77 bits per heavy atom. The molecule has 2 N–H and O–H groups in total. The van der Waals surface area contributed by atoms with E-state index in [-0.39, 0.29) is 0 Å². The van der Waals surface area contributed by atoms with Crippen LogP contribution in [0, 0.1) is 0 Å². The van der Waals surface area contributed by atoms with Gasteiger partial charge in [-0.2, -0.15) is 0 Å². The minimum absolute atomic E-state index is 0.606. The van der Waals surface area contributed by atoms with Crippen LogP contribution in [0.5, 0.6) is 0 Å². The van der Waals surface area contributed by atoms with Gasteiger partial charge in [-0.1, -0.05) is 35.3 Å². The highest BCUT2D eigenvalue weighted by molar-refractivity contribution is 6.41. The molecule has 5 heteroatoms. The lowest BCUT2D eigenvalue weighted by atomic mass is 10.4. The van der Waals surface area contributed by atoms with Crippen molar-refractivity contribution < 1.29 is 9.53 Å². The number of ether oxygens (including phenoxy) is 1. The fourth-order valence-corrected chi connectivity index (χ4v) is 0.711. The van der Waals surface area contributed by atoms with Gasteiger partial charge < -0.3 is 10.5 Å². The standard InChI is InChI=1S/C6H4Cl2.C2H5NO2/c7-5-3-1-2-4-6(5)8;1-5-2(3)4/h1-4H;1H3,(H2,3,4). The third-order valence-electron chi connectivity index (χ3n) is 1.03. The molecule has 0 radical (unpaired) electrons. The highest BCUT2D eigenvalue weighted by Gasteiger charge is 1.89. The monoisotopic (exact) mass is 221 g/mol. The number of halogens is 2. The third kappa shape index (κ3) is 6.25. The maximum absolute atomic E-state index is 9.37. The number of nitrogens with two attached hydrogens (primary N) is 1. The number of hydrogen-bond donors (Lipinski definition) is 1. The lowest BCUT2D eigenvalue weighted by Gasteiger charge is -1.88. The smallest absolute Gasteiger partial charge is 0.404 e. The van der Waals surface area contributed by atoms with E-state index in [1.54, 1.807) is 12.1 Å². The van der Waals surface area contributed by atoms with Gasteiger partial charge in [-0.3, -0.25) is 0 Å². The molecule has 0 saturated heterocycles. The zero-order valence-corrected chi connectivity index (χ0v) is 8.47. The molecule has 0 spiro atoms. The number of carbonyl (C=O) groups is 1. The van der Waals surface area contributed by atoms with Gasteiger partial charge in [0, 0.05) is 0 Å². The van der Waals surface area contributed by atoms with Crippen molar-refractivity contribution in [3.63, 3.8) is 0 Å².